The lowest BCUT2D eigenvalue weighted by atomic mass is 10.1. The third-order valence-corrected chi connectivity index (χ3v) is 3.21. The molecular weight excluding hydrogens is 304 g/mol. The van der Waals surface area contributed by atoms with E-state index in [1.165, 1.54) is 5.56 Å². The van der Waals surface area contributed by atoms with Crippen LogP contribution in [0.3, 0.4) is 0 Å². The van der Waals surface area contributed by atoms with E-state index in [2.05, 4.69) is 62.4 Å². The summed E-state index contributed by atoms with van der Waals surface area (Å²) in [6.07, 6.45) is 2.04. The molecule has 1 unspecified atom stereocenters. The van der Waals surface area contributed by atoms with Crippen LogP contribution in [-0.4, -0.2) is 16.0 Å². The van der Waals surface area contributed by atoms with Crippen molar-refractivity contribution in [3.05, 3.63) is 46.6 Å². The first-order valence-corrected chi connectivity index (χ1v) is 7.03. The summed E-state index contributed by atoms with van der Waals surface area (Å²) in [6.45, 7) is 2.11. The zero-order chi connectivity index (χ0) is 13.7. The topological polar surface area (TPSA) is 63.8 Å². The van der Waals surface area contributed by atoms with E-state index in [0.29, 0.717) is 16.4 Å². The molecule has 0 aliphatic rings. The Hall–Kier alpha value is -1.62. The van der Waals surface area contributed by atoms with Crippen molar-refractivity contribution in [3.63, 3.8) is 0 Å². The van der Waals surface area contributed by atoms with Gasteiger partial charge in [-0.05, 0) is 41.3 Å². The monoisotopic (exact) mass is 320 g/mol. The van der Waals surface area contributed by atoms with Gasteiger partial charge in [-0.3, -0.25) is 0 Å². The van der Waals surface area contributed by atoms with Gasteiger partial charge in [-0.2, -0.15) is 4.98 Å². The van der Waals surface area contributed by atoms with Gasteiger partial charge < -0.3 is 11.1 Å². The molecule has 0 fully saturated rings. The molecule has 1 aromatic carbocycles. The summed E-state index contributed by atoms with van der Waals surface area (Å²) in [4.78, 5) is 8.40. The summed E-state index contributed by atoms with van der Waals surface area (Å²) in [7, 11) is 0. The standard InChI is InChI=1S/C14H17BrN4/c1-10(7-8-11-5-3-2-4-6-11)17-14-18-12(15)9-13(16)19-14/h2-6,9-10H,7-8H2,1H3,(H3,16,17,18,19). The van der Waals surface area contributed by atoms with Gasteiger partial charge >= 0.3 is 0 Å². The van der Waals surface area contributed by atoms with Gasteiger partial charge in [-0.15, -0.1) is 0 Å². The van der Waals surface area contributed by atoms with Crippen molar-refractivity contribution in [2.75, 3.05) is 11.1 Å². The summed E-state index contributed by atoms with van der Waals surface area (Å²) in [5.74, 6) is 1.02. The van der Waals surface area contributed by atoms with Gasteiger partial charge in [0, 0.05) is 12.1 Å². The molecular formula is C14H17BrN4. The van der Waals surface area contributed by atoms with E-state index >= 15 is 0 Å². The average molecular weight is 321 g/mol. The SMILES string of the molecule is CC(CCc1ccccc1)Nc1nc(N)cc(Br)n1. The number of hydrogen-bond donors (Lipinski definition) is 2. The van der Waals surface area contributed by atoms with E-state index in [1.54, 1.807) is 6.07 Å². The maximum Gasteiger partial charge on any atom is 0.225 e. The fraction of sp³-hybridized carbons (Fsp3) is 0.286. The minimum atomic E-state index is 0.286. The van der Waals surface area contributed by atoms with Gasteiger partial charge in [0.05, 0.1) is 0 Å². The summed E-state index contributed by atoms with van der Waals surface area (Å²) in [5.41, 5.74) is 7.02. The molecule has 1 aromatic heterocycles. The largest absolute Gasteiger partial charge is 0.383 e. The number of hydrogen-bond acceptors (Lipinski definition) is 4. The van der Waals surface area contributed by atoms with Crippen molar-refractivity contribution >= 4 is 27.7 Å². The second kappa shape index (κ2) is 6.52. The molecule has 0 bridgehead atoms. The van der Waals surface area contributed by atoms with Crippen LogP contribution in [0.1, 0.15) is 18.9 Å². The van der Waals surface area contributed by atoms with Crippen molar-refractivity contribution in [3.8, 4) is 0 Å². The van der Waals surface area contributed by atoms with Gasteiger partial charge in [0.1, 0.15) is 10.4 Å². The van der Waals surface area contributed by atoms with Crippen LogP contribution < -0.4 is 11.1 Å². The Bertz CT molecular complexity index is 510. The zero-order valence-electron chi connectivity index (χ0n) is 10.8. The molecule has 0 saturated carbocycles. The molecule has 1 heterocycles. The van der Waals surface area contributed by atoms with Crippen LogP contribution in [0.5, 0.6) is 0 Å². The Labute approximate surface area is 121 Å². The Morgan fingerprint density at radius 1 is 1.26 bits per heavy atom. The lowest BCUT2D eigenvalue weighted by Gasteiger charge is -2.14. The van der Waals surface area contributed by atoms with Crippen molar-refractivity contribution in [2.45, 2.75) is 25.8 Å². The minimum Gasteiger partial charge on any atom is -0.383 e. The Balaban J connectivity index is 1.89. The van der Waals surface area contributed by atoms with Crippen LogP contribution in [-0.2, 0) is 6.42 Å². The molecule has 0 spiro atoms. The van der Waals surface area contributed by atoms with E-state index in [1.807, 2.05) is 6.07 Å². The highest BCUT2D eigenvalue weighted by atomic mass is 79.9. The number of nitrogens with two attached hydrogens (primary N) is 1. The molecule has 0 aliphatic carbocycles. The van der Waals surface area contributed by atoms with Crippen molar-refractivity contribution in [1.82, 2.24) is 9.97 Å². The van der Waals surface area contributed by atoms with Crippen LogP contribution in [0.2, 0.25) is 0 Å². The minimum absolute atomic E-state index is 0.286. The molecule has 0 saturated heterocycles. The highest BCUT2D eigenvalue weighted by molar-refractivity contribution is 9.10. The third-order valence-electron chi connectivity index (χ3n) is 2.80. The molecule has 100 valence electrons. The number of nitrogens with one attached hydrogen (secondary N) is 1. The highest BCUT2D eigenvalue weighted by Crippen LogP contribution is 2.14. The van der Waals surface area contributed by atoms with Crippen molar-refractivity contribution in [2.24, 2.45) is 0 Å². The number of benzene rings is 1. The zero-order valence-corrected chi connectivity index (χ0v) is 12.4. The fourth-order valence-corrected chi connectivity index (χ4v) is 2.22. The second-order valence-electron chi connectivity index (χ2n) is 4.51. The van der Waals surface area contributed by atoms with Crippen LogP contribution in [0.15, 0.2) is 41.0 Å². The van der Waals surface area contributed by atoms with Gasteiger partial charge in [0.15, 0.2) is 0 Å². The molecule has 2 rings (SSSR count). The van der Waals surface area contributed by atoms with E-state index in [9.17, 15) is 0 Å². The summed E-state index contributed by atoms with van der Waals surface area (Å²) in [5, 5.41) is 3.26. The molecule has 0 aliphatic heterocycles. The molecule has 5 heteroatoms. The quantitative estimate of drug-likeness (QED) is 0.830. The number of aryl methyl sites for hydroxylation is 1. The first-order valence-electron chi connectivity index (χ1n) is 6.24. The van der Waals surface area contributed by atoms with Crippen LogP contribution >= 0.6 is 15.9 Å². The molecule has 1 atom stereocenters. The fourth-order valence-electron chi connectivity index (χ4n) is 1.82. The molecule has 0 radical (unpaired) electrons. The van der Waals surface area contributed by atoms with E-state index in [-0.39, 0.29) is 6.04 Å². The number of rotatable bonds is 5. The number of halogens is 1. The summed E-state index contributed by atoms with van der Waals surface area (Å²) in [6, 6.07) is 12.4. The predicted molar refractivity (Wildman–Crippen MR) is 82.0 cm³/mol. The predicted octanol–water partition coefficient (Wildman–Crippen LogP) is 3.25. The lowest BCUT2D eigenvalue weighted by Crippen LogP contribution is -2.18. The van der Waals surface area contributed by atoms with Gasteiger partial charge in [-0.25, -0.2) is 4.98 Å². The van der Waals surface area contributed by atoms with E-state index in [0.717, 1.165) is 12.8 Å². The Kier molecular flexibility index (Phi) is 4.74. The first kappa shape index (κ1) is 13.8. The van der Waals surface area contributed by atoms with Crippen molar-refractivity contribution in [1.29, 1.82) is 0 Å². The molecule has 3 N–H and O–H groups in total. The number of nitrogen functional groups attached to an aromatic ring is 1. The van der Waals surface area contributed by atoms with Gasteiger partial charge in [0.2, 0.25) is 5.95 Å². The maximum absolute atomic E-state index is 5.68. The first-order chi connectivity index (χ1) is 9.13. The smallest absolute Gasteiger partial charge is 0.225 e. The van der Waals surface area contributed by atoms with E-state index in [4.69, 9.17) is 5.73 Å². The Morgan fingerprint density at radius 2 is 2.00 bits per heavy atom. The highest BCUT2D eigenvalue weighted by Gasteiger charge is 2.06. The third kappa shape index (κ3) is 4.52. The maximum atomic E-state index is 5.68. The van der Waals surface area contributed by atoms with Crippen LogP contribution in [0, 0.1) is 0 Å². The van der Waals surface area contributed by atoms with Crippen LogP contribution in [0.4, 0.5) is 11.8 Å². The van der Waals surface area contributed by atoms with Gasteiger partial charge in [-0.1, -0.05) is 30.3 Å². The number of nitrogens with zero attached hydrogens (tertiary/aromatic N) is 2. The second-order valence-corrected chi connectivity index (χ2v) is 5.32. The molecule has 4 nitrogen and oxygen atoms in total. The molecule has 0 amide bonds. The lowest BCUT2D eigenvalue weighted by molar-refractivity contribution is 0.698. The van der Waals surface area contributed by atoms with E-state index < -0.39 is 0 Å². The van der Waals surface area contributed by atoms with Crippen LogP contribution in [0.25, 0.3) is 0 Å². The number of anilines is 2. The summed E-state index contributed by atoms with van der Waals surface area (Å²) >= 11 is 3.31. The summed E-state index contributed by atoms with van der Waals surface area (Å²) < 4.78 is 0.692. The molecule has 2 aromatic rings. The Morgan fingerprint density at radius 3 is 2.68 bits per heavy atom. The van der Waals surface area contributed by atoms with Crippen molar-refractivity contribution < 1.29 is 0 Å². The average Bonchev–Trinajstić information content (AvgIpc) is 2.36. The number of aromatic nitrogens is 2. The van der Waals surface area contributed by atoms with Gasteiger partial charge in [0.25, 0.3) is 0 Å². The normalized spacial score (nSPS) is 12.1. The molecule has 19 heavy (non-hydrogen) atoms.